The third-order valence-corrected chi connectivity index (χ3v) is 3.98. The molecule has 1 aromatic carbocycles. The molecular formula is C14H15F3O3. The fourth-order valence-corrected chi connectivity index (χ4v) is 2.86. The lowest BCUT2D eigenvalue weighted by atomic mass is 10.0. The number of benzene rings is 1. The molecule has 0 amide bonds. The molecule has 6 heteroatoms. The van der Waals surface area contributed by atoms with Crippen LogP contribution in [0.3, 0.4) is 0 Å². The van der Waals surface area contributed by atoms with Gasteiger partial charge in [0.2, 0.25) is 0 Å². The Bertz CT molecular complexity index is 549. The van der Waals surface area contributed by atoms with E-state index in [1.165, 1.54) is 19.2 Å². The Hall–Kier alpha value is -1.72. The van der Waals surface area contributed by atoms with Crippen molar-refractivity contribution in [3.8, 4) is 5.75 Å². The van der Waals surface area contributed by atoms with Crippen LogP contribution in [0.25, 0.3) is 0 Å². The summed E-state index contributed by atoms with van der Waals surface area (Å²) < 4.78 is 43.1. The molecule has 0 heterocycles. The number of aliphatic carboxylic acids is 1. The van der Waals surface area contributed by atoms with Crippen molar-refractivity contribution in [2.24, 2.45) is 11.3 Å². The van der Waals surface area contributed by atoms with Crippen LogP contribution in [-0.4, -0.2) is 18.2 Å². The Balaban J connectivity index is 2.40. The van der Waals surface area contributed by atoms with E-state index < -0.39 is 29.0 Å². The molecule has 1 N–H and O–H groups in total. The Morgan fingerprint density at radius 2 is 1.95 bits per heavy atom. The van der Waals surface area contributed by atoms with E-state index >= 15 is 0 Å². The quantitative estimate of drug-likeness (QED) is 0.925. The molecule has 2 unspecified atom stereocenters. The number of carboxylic acid groups (broad SMARTS) is 1. The summed E-state index contributed by atoms with van der Waals surface area (Å²) in [6, 6.07) is 3.57. The number of carbonyl (C=O) groups is 1. The van der Waals surface area contributed by atoms with Gasteiger partial charge in [-0.25, -0.2) is 0 Å². The maximum atomic E-state index is 12.8. The van der Waals surface area contributed by atoms with Crippen LogP contribution in [0.1, 0.15) is 30.9 Å². The van der Waals surface area contributed by atoms with Crippen LogP contribution >= 0.6 is 0 Å². The van der Waals surface area contributed by atoms with Crippen molar-refractivity contribution in [3.63, 3.8) is 0 Å². The SMILES string of the molecule is COc1cc(C2C(C(=O)O)C2(C)C)ccc1C(F)(F)F. The first kappa shape index (κ1) is 14.7. The molecule has 3 nitrogen and oxygen atoms in total. The smallest absolute Gasteiger partial charge is 0.419 e. The lowest BCUT2D eigenvalue weighted by Crippen LogP contribution is -2.08. The summed E-state index contributed by atoms with van der Waals surface area (Å²) in [6.45, 7) is 3.58. The minimum atomic E-state index is -4.49. The van der Waals surface area contributed by atoms with Crippen LogP contribution in [-0.2, 0) is 11.0 Å². The van der Waals surface area contributed by atoms with Gasteiger partial charge in [-0.15, -0.1) is 0 Å². The van der Waals surface area contributed by atoms with E-state index in [9.17, 15) is 18.0 Å². The molecule has 110 valence electrons. The van der Waals surface area contributed by atoms with Crippen molar-refractivity contribution in [2.45, 2.75) is 25.9 Å². The summed E-state index contributed by atoms with van der Waals surface area (Å²) >= 11 is 0. The first-order valence-corrected chi connectivity index (χ1v) is 6.08. The molecule has 1 fully saturated rings. The molecule has 0 spiro atoms. The van der Waals surface area contributed by atoms with E-state index in [-0.39, 0.29) is 11.7 Å². The molecule has 1 aliphatic rings. The molecule has 20 heavy (non-hydrogen) atoms. The van der Waals surface area contributed by atoms with Gasteiger partial charge >= 0.3 is 12.1 Å². The van der Waals surface area contributed by atoms with Crippen molar-refractivity contribution in [1.82, 2.24) is 0 Å². The third kappa shape index (κ3) is 2.23. The highest BCUT2D eigenvalue weighted by Gasteiger charge is 2.62. The molecule has 1 aromatic rings. The average molecular weight is 288 g/mol. The maximum Gasteiger partial charge on any atom is 0.419 e. The number of hydrogen-bond acceptors (Lipinski definition) is 2. The minimum absolute atomic E-state index is 0.276. The van der Waals surface area contributed by atoms with Gasteiger partial charge in [-0.3, -0.25) is 4.79 Å². The monoisotopic (exact) mass is 288 g/mol. The Morgan fingerprint density at radius 3 is 2.35 bits per heavy atom. The van der Waals surface area contributed by atoms with Crippen LogP contribution in [0, 0.1) is 11.3 Å². The predicted molar refractivity (Wildman–Crippen MR) is 65.6 cm³/mol. The van der Waals surface area contributed by atoms with E-state index in [0.29, 0.717) is 5.56 Å². The van der Waals surface area contributed by atoms with Gasteiger partial charge < -0.3 is 9.84 Å². The van der Waals surface area contributed by atoms with Crippen molar-refractivity contribution >= 4 is 5.97 Å². The molecule has 2 atom stereocenters. The Kier molecular flexibility index (Phi) is 3.23. The second-order valence-electron chi connectivity index (χ2n) is 5.57. The van der Waals surface area contributed by atoms with Crippen molar-refractivity contribution in [2.75, 3.05) is 7.11 Å². The number of halogens is 3. The second kappa shape index (κ2) is 4.40. The van der Waals surface area contributed by atoms with Gasteiger partial charge in [-0.2, -0.15) is 13.2 Å². The van der Waals surface area contributed by atoms with Crippen LogP contribution in [0.4, 0.5) is 13.2 Å². The summed E-state index contributed by atoms with van der Waals surface area (Å²) in [5.74, 6) is -2.08. The highest BCUT2D eigenvalue weighted by molar-refractivity contribution is 5.77. The molecule has 1 aliphatic carbocycles. The average Bonchev–Trinajstić information content (AvgIpc) is 2.90. The number of rotatable bonds is 3. The Labute approximate surface area is 114 Å². The van der Waals surface area contributed by atoms with Crippen molar-refractivity contribution in [3.05, 3.63) is 29.3 Å². The van der Waals surface area contributed by atoms with E-state index in [0.717, 1.165) is 6.07 Å². The van der Waals surface area contributed by atoms with Crippen LogP contribution in [0.2, 0.25) is 0 Å². The summed E-state index contributed by atoms with van der Waals surface area (Å²) in [6.07, 6.45) is -4.49. The fourth-order valence-electron chi connectivity index (χ4n) is 2.86. The lowest BCUT2D eigenvalue weighted by Gasteiger charge is -2.13. The lowest BCUT2D eigenvalue weighted by molar-refractivity contribution is -0.140. The van der Waals surface area contributed by atoms with Gasteiger partial charge in [0, 0.05) is 5.92 Å². The Morgan fingerprint density at radius 1 is 1.35 bits per heavy atom. The predicted octanol–water partition coefficient (Wildman–Crippen LogP) is 3.54. The number of alkyl halides is 3. The summed E-state index contributed by atoms with van der Waals surface area (Å²) in [7, 11) is 1.17. The van der Waals surface area contributed by atoms with E-state index in [4.69, 9.17) is 9.84 Å². The van der Waals surface area contributed by atoms with Gasteiger partial charge in [-0.05, 0) is 23.1 Å². The topological polar surface area (TPSA) is 46.5 Å². The van der Waals surface area contributed by atoms with Gasteiger partial charge in [0.1, 0.15) is 5.75 Å². The van der Waals surface area contributed by atoms with Crippen LogP contribution in [0.15, 0.2) is 18.2 Å². The van der Waals surface area contributed by atoms with Crippen molar-refractivity contribution in [1.29, 1.82) is 0 Å². The zero-order chi connectivity index (χ0) is 15.3. The van der Waals surface area contributed by atoms with Gasteiger partial charge in [0.15, 0.2) is 0 Å². The number of ether oxygens (including phenoxy) is 1. The summed E-state index contributed by atoms with van der Waals surface area (Å²) in [4.78, 5) is 11.1. The largest absolute Gasteiger partial charge is 0.496 e. The van der Waals surface area contributed by atoms with Gasteiger partial charge in [0.05, 0.1) is 18.6 Å². The fraction of sp³-hybridized carbons (Fsp3) is 0.500. The second-order valence-corrected chi connectivity index (χ2v) is 5.57. The maximum absolute atomic E-state index is 12.8. The first-order chi connectivity index (χ1) is 9.10. The summed E-state index contributed by atoms with van der Waals surface area (Å²) in [5.41, 5.74) is -0.752. The minimum Gasteiger partial charge on any atom is -0.496 e. The normalized spacial score (nSPS) is 24.3. The zero-order valence-corrected chi connectivity index (χ0v) is 11.3. The summed E-state index contributed by atoms with van der Waals surface area (Å²) in [5, 5.41) is 9.12. The zero-order valence-electron chi connectivity index (χ0n) is 11.3. The molecule has 0 bridgehead atoms. The molecule has 0 aromatic heterocycles. The van der Waals surface area contributed by atoms with Crippen molar-refractivity contribution < 1.29 is 27.8 Å². The number of hydrogen-bond donors (Lipinski definition) is 1. The molecule has 0 radical (unpaired) electrons. The third-order valence-electron chi connectivity index (χ3n) is 3.98. The standard InChI is InChI=1S/C14H15F3O3/c1-13(2)10(11(13)12(18)19)7-4-5-8(14(15,16)17)9(6-7)20-3/h4-6,10-11H,1-3H3,(H,18,19). The van der Waals surface area contributed by atoms with Gasteiger partial charge in [0.25, 0.3) is 0 Å². The molecule has 2 rings (SSSR count). The van der Waals surface area contributed by atoms with E-state index in [1.54, 1.807) is 13.8 Å². The number of carboxylic acids is 1. The van der Waals surface area contributed by atoms with Crippen LogP contribution in [0.5, 0.6) is 5.75 Å². The van der Waals surface area contributed by atoms with E-state index in [2.05, 4.69) is 0 Å². The highest BCUT2D eigenvalue weighted by atomic mass is 19.4. The molecular weight excluding hydrogens is 273 g/mol. The molecule has 0 aliphatic heterocycles. The van der Waals surface area contributed by atoms with Crippen LogP contribution < -0.4 is 4.74 Å². The molecule has 0 saturated heterocycles. The van der Waals surface area contributed by atoms with E-state index in [1.807, 2.05) is 0 Å². The molecule has 1 saturated carbocycles. The first-order valence-electron chi connectivity index (χ1n) is 6.08. The highest BCUT2D eigenvalue weighted by Crippen LogP contribution is 2.64. The number of methoxy groups -OCH3 is 1. The van der Waals surface area contributed by atoms with Gasteiger partial charge in [-0.1, -0.05) is 19.9 Å².